The van der Waals surface area contributed by atoms with Crippen molar-refractivity contribution in [3.63, 3.8) is 0 Å². The first kappa shape index (κ1) is 11.6. The zero-order valence-electron chi connectivity index (χ0n) is 8.36. The number of methoxy groups -OCH3 is 2. The first-order valence-corrected chi connectivity index (χ1v) is 4.09. The molecule has 0 saturated heterocycles. The number of ether oxygens (including phenoxy) is 2. The minimum atomic E-state index is 0.556. The number of hydrogen-bond donors (Lipinski definition) is 0. The van der Waals surface area contributed by atoms with Gasteiger partial charge in [-0.1, -0.05) is 36.4 Å². The van der Waals surface area contributed by atoms with Crippen LogP contribution >= 0.6 is 0 Å². The Kier molecular flexibility index (Phi) is 7.70. The molecule has 1 aromatic rings. The van der Waals surface area contributed by atoms with E-state index in [0.717, 1.165) is 0 Å². The van der Waals surface area contributed by atoms with Crippen LogP contribution in [0.25, 0.3) is 0 Å². The van der Waals surface area contributed by atoms with Gasteiger partial charge in [-0.2, -0.15) is 0 Å². The third-order valence-corrected chi connectivity index (χ3v) is 1.30. The minimum Gasteiger partial charge on any atom is -0.469 e. The fourth-order valence-corrected chi connectivity index (χ4v) is 0.704. The van der Waals surface area contributed by atoms with Gasteiger partial charge in [0.2, 0.25) is 0 Å². The van der Waals surface area contributed by atoms with Gasteiger partial charge in [0.15, 0.2) is 0 Å². The van der Waals surface area contributed by atoms with E-state index >= 15 is 0 Å². The monoisotopic (exact) mass is 180 g/mol. The Hall–Kier alpha value is -1.44. The van der Waals surface area contributed by atoms with Crippen LogP contribution in [0.1, 0.15) is 6.92 Å². The lowest BCUT2D eigenvalue weighted by Crippen LogP contribution is -1.86. The summed E-state index contributed by atoms with van der Waals surface area (Å²) in [4.78, 5) is 0. The minimum absolute atomic E-state index is 0.556. The van der Waals surface area contributed by atoms with Crippen molar-refractivity contribution >= 4 is 0 Å². The highest BCUT2D eigenvalue weighted by Gasteiger charge is 1.83. The van der Waals surface area contributed by atoms with Gasteiger partial charge in [-0.15, -0.1) is 0 Å². The molecule has 0 heterocycles. The average Bonchev–Trinajstić information content (AvgIpc) is 2.24. The zero-order chi connectivity index (χ0) is 9.94. The average molecular weight is 180 g/mol. The largest absolute Gasteiger partial charge is 0.469 e. The van der Waals surface area contributed by atoms with E-state index in [4.69, 9.17) is 0 Å². The molecule has 1 aromatic carbocycles. The molecule has 2 heteroatoms. The number of hydrogen-bond acceptors (Lipinski definition) is 2. The van der Waals surface area contributed by atoms with Gasteiger partial charge in [0.05, 0.1) is 14.2 Å². The highest BCUT2D eigenvalue weighted by Crippen LogP contribution is 1.91. The first-order chi connectivity index (χ1) is 6.35. The van der Waals surface area contributed by atoms with Crippen molar-refractivity contribution in [1.82, 2.24) is 0 Å². The maximum atomic E-state index is 4.69. The van der Waals surface area contributed by atoms with E-state index in [9.17, 15) is 0 Å². The van der Waals surface area contributed by atoms with Crippen LogP contribution in [0.3, 0.4) is 0 Å². The quantitative estimate of drug-likeness (QED) is 0.651. The fraction of sp³-hybridized carbons (Fsp3) is 0.273. The van der Waals surface area contributed by atoms with E-state index in [1.54, 1.807) is 20.3 Å². The highest BCUT2D eigenvalue weighted by molar-refractivity contribution is 4.99. The molecule has 0 aromatic heterocycles. The van der Waals surface area contributed by atoms with Crippen LogP contribution < -0.4 is 0 Å². The third kappa shape index (κ3) is 6.94. The molecule has 0 bridgehead atoms. The Balaban J connectivity index is 0.000000223. The van der Waals surface area contributed by atoms with Gasteiger partial charge in [0.1, 0.15) is 0 Å². The lowest BCUT2D eigenvalue weighted by molar-refractivity contribution is 0.0948. The van der Waals surface area contributed by atoms with Gasteiger partial charge in [-0.25, -0.2) is 0 Å². The Morgan fingerprint density at radius 2 is 1.15 bits per heavy atom. The lowest BCUT2D eigenvalue weighted by Gasteiger charge is -1.99. The Labute approximate surface area is 79.8 Å². The summed E-state index contributed by atoms with van der Waals surface area (Å²) >= 11 is 0. The summed E-state index contributed by atoms with van der Waals surface area (Å²) < 4.78 is 9.38. The van der Waals surface area contributed by atoms with Crippen molar-refractivity contribution in [2.75, 3.05) is 14.2 Å². The molecular formula is C11H16O2. The van der Waals surface area contributed by atoms with E-state index in [2.05, 4.69) is 9.47 Å². The molecule has 0 saturated carbocycles. The Morgan fingerprint density at radius 1 is 0.846 bits per heavy atom. The van der Waals surface area contributed by atoms with E-state index in [1.807, 2.05) is 43.3 Å². The molecule has 0 radical (unpaired) electrons. The van der Waals surface area contributed by atoms with E-state index in [0.29, 0.717) is 5.95 Å². The van der Waals surface area contributed by atoms with Gasteiger partial charge in [0, 0.05) is 0 Å². The fourth-order valence-electron chi connectivity index (χ4n) is 0.704. The van der Waals surface area contributed by atoms with Crippen LogP contribution in [-0.4, -0.2) is 14.2 Å². The molecule has 0 fully saturated rings. The van der Waals surface area contributed by atoms with Crippen LogP contribution in [0.15, 0.2) is 48.4 Å². The summed E-state index contributed by atoms with van der Waals surface area (Å²) in [6.45, 7) is 1.85. The van der Waals surface area contributed by atoms with Crippen molar-refractivity contribution in [3.05, 3.63) is 48.4 Å². The molecule has 0 atom stereocenters. The smallest absolute Gasteiger partial charge is 0.274 e. The van der Waals surface area contributed by atoms with Gasteiger partial charge < -0.3 is 9.47 Å². The molecule has 72 valence electrons. The molecule has 0 aliphatic rings. The SMILES string of the molecule is CC=C(OC)OC.c1ccccc1. The second kappa shape index (κ2) is 8.65. The van der Waals surface area contributed by atoms with Gasteiger partial charge in [-0.3, -0.25) is 0 Å². The lowest BCUT2D eigenvalue weighted by atomic mass is 10.4. The molecule has 0 aliphatic heterocycles. The van der Waals surface area contributed by atoms with Crippen molar-refractivity contribution in [1.29, 1.82) is 0 Å². The van der Waals surface area contributed by atoms with E-state index in [-0.39, 0.29) is 0 Å². The Morgan fingerprint density at radius 3 is 1.23 bits per heavy atom. The molecule has 2 nitrogen and oxygen atoms in total. The summed E-state index contributed by atoms with van der Waals surface area (Å²) in [6, 6.07) is 12.0. The molecule has 0 unspecified atom stereocenters. The second-order valence-electron chi connectivity index (χ2n) is 2.17. The van der Waals surface area contributed by atoms with Crippen LogP contribution in [0.4, 0.5) is 0 Å². The predicted octanol–water partition coefficient (Wildman–Crippen LogP) is 2.83. The predicted molar refractivity (Wildman–Crippen MR) is 54.2 cm³/mol. The zero-order valence-corrected chi connectivity index (χ0v) is 8.36. The molecule has 0 spiro atoms. The summed E-state index contributed by atoms with van der Waals surface area (Å²) in [7, 11) is 3.14. The number of benzene rings is 1. The van der Waals surface area contributed by atoms with Crippen molar-refractivity contribution in [2.24, 2.45) is 0 Å². The number of rotatable bonds is 2. The van der Waals surface area contributed by atoms with Crippen LogP contribution in [0.5, 0.6) is 0 Å². The molecule has 0 amide bonds. The molecule has 0 N–H and O–H groups in total. The normalized spacial score (nSPS) is 7.62. The highest BCUT2D eigenvalue weighted by atomic mass is 16.7. The maximum Gasteiger partial charge on any atom is 0.274 e. The van der Waals surface area contributed by atoms with Crippen LogP contribution in [0, 0.1) is 0 Å². The molecular weight excluding hydrogens is 164 g/mol. The van der Waals surface area contributed by atoms with Gasteiger partial charge in [-0.05, 0) is 13.0 Å². The van der Waals surface area contributed by atoms with Crippen molar-refractivity contribution in [3.8, 4) is 0 Å². The molecule has 0 aliphatic carbocycles. The van der Waals surface area contributed by atoms with E-state index in [1.165, 1.54) is 0 Å². The van der Waals surface area contributed by atoms with Crippen LogP contribution in [-0.2, 0) is 9.47 Å². The summed E-state index contributed by atoms with van der Waals surface area (Å²) in [5.74, 6) is 0.556. The van der Waals surface area contributed by atoms with Crippen molar-refractivity contribution in [2.45, 2.75) is 6.92 Å². The molecule has 1 rings (SSSR count). The van der Waals surface area contributed by atoms with Crippen molar-refractivity contribution < 1.29 is 9.47 Å². The number of allylic oxidation sites excluding steroid dienone is 1. The first-order valence-electron chi connectivity index (χ1n) is 4.09. The standard InChI is InChI=1S/C6H6.C5H10O2/c1-2-4-6-5-3-1;1-4-5(6-2)7-3/h1-6H;4H,1-3H3. The van der Waals surface area contributed by atoms with E-state index < -0.39 is 0 Å². The Bertz CT molecular complexity index is 184. The summed E-state index contributed by atoms with van der Waals surface area (Å²) in [5, 5.41) is 0. The maximum absolute atomic E-state index is 4.69. The van der Waals surface area contributed by atoms with Crippen LogP contribution in [0.2, 0.25) is 0 Å². The molecule has 13 heavy (non-hydrogen) atoms. The second-order valence-corrected chi connectivity index (χ2v) is 2.17. The summed E-state index contributed by atoms with van der Waals surface area (Å²) in [5.41, 5.74) is 0. The summed E-state index contributed by atoms with van der Waals surface area (Å²) in [6.07, 6.45) is 1.75. The van der Waals surface area contributed by atoms with Gasteiger partial charge >= 0.3 is 0 Å². The van der Waals surface area contributed by atoms with Gasteiger partial charge in [0.25, 0.3) is 5.95 Å². The topological polar surface area (TPSA) is 18.5 Å². The third-order valence-electron chi connectivity index (χ3n) is 1.30.